The molecule has 1 aromatic carbocycles. The van der Waals surface area contributed by atoms with Gasteiger partial charge in [-0.25, -0.2) is 0 Å². The van der Waals surface area contributed by atoms with E-state index in [2.05, 4.69) is 5.32 Å². The van der Waals surface area contributed by atoms with Crippen molar-refractivity contribution in [3.8, 4) is 0 Å². The van der Waals surface area contributed by atoms with Crippen LogP contribution in [0.1, 0.15) is 18.5 Å². The molecule has 2 aromatic rings. The molecular formula is C12H11Cl2NO. The monoisotopic (exact) mass is 255 g/mol. The molecule has 2 nitrogen and oxygen atoms in total. The van der Waals surface area contributed by atoms with Gasteiger partial charge >= 0.3 is 0 Å². The summed E-state index contributed by atoms with van der Waals surface area (Å²) in [5.74, 6) is 0. The fraction of sp³-hybridized carbons (Fsp3) is 0.167. The van der Waals surface area contributed by atoms with Gasteiger partial charge in [-0.3, -0.25) is 0 Å². The lowest BCUT2D eigenvalue weighted by Gasteiger charge is -2.13. The topological polar surface area (TPSA) is 25.2 Å². The number of benzene rings is 1. The zero-order valence-corrected chi connectivity index (χ0v) is 10.2. The summed E-state index contributed by atoms with van der Waals surface area (Å²) in [7, 11) is 0. The second kappa shape index (κ2) is 4.81. The Hall–Kier alpha value is -1.12. The Bertz CT molecular complexity index is 468. The van der Waals surface area contributed by atoms with Crippen molar-refractivity contribution < 1.29 is 4.42 Å². The first-order valence-electron chi connectivity index (χ1n) is 4.90. The van der Waals surface area contributed by atoms with Gasteiger partial charge in [-0.1, -0.05) is 23.2 Å². The quantitative estimate of drug-likeness (QED) is 0.856. The Morgan fingerprint density at radius 1 is 1.19 bits per heavy atom. The van der Waals surface area contributed by atoms with Crippen molar-refractivity contribution >= 4 is 28.9 Å². The molecule has 0 radical (unpaired) electrons. The Labute approximate surface area is 104 Å². The van der Waals surface area contributed by atoms with Gasteiger partial charge in [0.15, 0.2) is 0 Å². The summed E-state index contributed by atoms with van der Waals surface area (Å²) in [6, 6.07) is 7.56. The van der Waals surface area contributed by atoms with Crippen molar-refractivity contribution in [1.29, 1.82) is 0 Å². The van der Waals surface area contributed by atoms with Crippen LogP contribution in [0.4, 0.5) is 5.69 Å². The summed E-state index contributed by atoms with van der Waals surface area (Å²) in [5, 5.41) is 4.42. The molecule has 1 aromatic heterocycles. The van der Waals surface area contributed by atoms with Gasteiger partial charge in [0.25, 0.3) is 0 Å². The average Bonchev–Trinajstić information content (AvgIpc) is 2.77. The molecule has 84 valence electrons. The first-order chi connectivity index (χ1) is 7.66. The SMILES string of the molecule is CC(Nc1ccc(Cl)c(Cl)c1)c1ccoc1. The van der Waals surface area contributed by atoms with E-state index in [1.165, 1.54) is 0 Å². The zero-order valence-electron chi connectivity index (χ0n) is 8.71. The highest BCUT2D eigenvalue weighted by Crippen LogP contribution is 2.27. The van der Waals surface area contributed by atoms with E-state index >= 15 is 0 Å². The van der Waals surface area contributed by atoms with Crippen molar-refractivity contribution in [3.63, 3.8) is 0 Å². The van der Waals surface area contributed by atoms with Crippen LogP contribution in [0.2, 0.25) is 10.0 Å². The van der Waals surface area contributed by atoms with Crippen LogP contribution < -0.4 is 5.32 Å². The van der Waals surface area contributed by atoms with Gasteiger partial charge in [-0.05, 0) is 31.2 Å². The van der Waals surface area contributed by atoms with Crippen LogP contribution in [0.15, 0.2) is 41.2 Å². The van der Waals surface area contributed by atoms with E-state index in [9.17, 15) is 0 Å². The van der Waals surface area contributed by atoms with Gasteiger partial charge in [0.1, 0.15) is 0 Å². The molecule has 0 bridgehead atoms. The Morgan fingerprint density at radius 3 is 2.62 bits per heavy atom. The Morgan fingerprint density at radius 2 is 2.00 bits per heavy atom. The van der Waals surface area contributed by atoms with E-state index in [1.807, 2.05) is 19.1 Å². The molecule has 4 heteroatoms. The molecule has 0 spiro atoms. The number of anilines is 1. The smallest absolute Gasteiger partial charge is 0.0955 e. The molecule has 0 aliphatic heterocycles. The highest BCUT2D eigenvalue weighted by atomic mass is 35.5. The lowest BCUT2D eigenvalue weighted by atomic mass is 10.1. The van der Waals surface area contributed by atoms with Crippen LogP contribution in [-0.4, -0.2) is 0 Å². The molecule has 0 amide bonds. The maximum absolute atomic E-state index is 5.93. The van der Waals surface area contributed by atoms with E-state index in [4.69, 9.17) is 27.6 Å². The van der Waals surface area contributed by atoms with Crippen LogP contribution in [-0.2, 0) is 0 Å². The molecule has 1 N–H and O–H groups in total. The molecule has 0 aliphatic rings. The highest BCUT2D eigenvalue weighted by Gasteiger charge is 2.07. The van der Waals surface area contributed by atoms with Crippen LogP contribution in [0.5, 0.6) is 0 Å². The van der Waals surface area contributed by atoms with Gasteiger partial charge < -0.3 is 9.73 Å². The summed E-state index contributed by atoms with van der Waals surface area (Å²) >= 11 is 11.8. The fourth-order valence-corrected chi connectivity index (χ4v) is 1.74. The van der Waals surface area contributed by atoms with E-state index < -0.39 is 0 Å². The third-order valence-electron chi connectivity index (χ3n) is 2.35. The summed E-state index contributed by atoms with van der Waals surface area (Å²) in [6.45, 7) is 2.05. The summed E-state index contributed by atoms with van der Waals surface area (Å²) in [4.78, 5) is 0. The number of hydrogen-bond donors (Lipinski definition) is 1. The highest BCUT2D eigenvalue weighted by molar-refractivity contribution is 6.42. The Kier molecular flexibility index (Phi) is 3.42. The number of halogens is 2. The first kappa shape index (κ1) is 11.4. The van der Waals surface area contributed by atoms with Gasteiger partial charge in [-0.15, -0.1) is 0 Å². The molecule has 0 aliphatic carbocycles. The van der Waals surface area contributed by atoms with Crippen molar-refractivity contribution in [2.75, 3.05) is 5.32 Å². The zero-order chi connectivity index (χ0) is 11.5. The van der Waals surface area contributed by atoms with Crippen LogP contribution in [0.3, 0.4) is 0 Å². The second-order valence-electron chi connectivity index (χ2n) is 3.55. The molecule has 16 heavy (non-hydrogen) atoms. The van der Waals surface area contributed by atoms with E-state index in [-0.39, 0.29) is 6.04 Å². The van der Waals surface area contributed by atoms with Gasteiger partial charge in [-0.2, -0.15) is 0 Å². The second-order valence-corrected chi connectivity index (χ2v) is 4.37. The van der Waals surface area contributed by atoms with Gasteiger partial charge in [0, 0.05) is 11.3 Å². The standard InChI is InChI=1S/C12H11Cl2NO/c1-8(9-4-5-16-7-9)15-10-2-3-11(13)12(14)6-10/h2-8,15H,1H3. The van der Waals surface area contributed by atoms with E-state index in [1.54, 1.807) is 24.7 Å². The molecular weight excluding hydrogens is 245 g/mol. The van der Waals surface area contributed by atoms with Crippen molar-refractivity contribution in [1.82, 2.24) is 0 Å². The minimum Gasteiger partial charge on any atom is -0.472 e. The molecule has 1 atom stereocenters. The van der Waals surface area contributed by atoms with Crippen LogP contribution >= 0.6 is 23.2 Å². The van der Waals surface area contributed by atoms with Gasteiger partial charge in [0.05, 0.1) is 28.6 Å². The molecule has 0 fully saturated rings. The van der Waals surface area contributed by atoms with Crippen LogP contribution in [0, 0.1) is 0 Å². The third kappa shape index (κ3) is 2.52. The molecule has 1 unspecified atom stereocenters. The Balaban J connectivity index is 2.12. The minimum atomic E-state index is 0.163. The third-order valence-corrected chi connectivity index (χ3v) is 3.08. The molecule has 0 saturated carbocycles. The maximum Gasteiger partial charge on any atom is 0.0955 e. The lowest BCUT2D eigenvalue weighted by molar-refractivity contribution is 0.562. The number of rotatable bonds is 3. The first-order valence-corrected chi connectivity index (χ1v) is 5.66. The molecule has 0 saturated heterocycles. The predicted octanol–water partition coefficient (Wildman–Crippen LogP) is 4.76. The summed E-state index contributed by atoms with van der Waals surface area (Å²) < 4.78 is 5.03. The van der Waals surface area contributed by atoms with Gasteiger partial charge in [0.2, 0.25) is 0 Å². The predicted molar refractivity (Wildman–Crippen MR) is 67.2 cm³/mol. The van der Waals surface area contributed by atoms with Crippen molar-refractivity contribution in [3.05, 3.63) is 52.4 Å². The number of nitrogens with one attached hydrogen (secondary N) is 1. The van der Waals surface area contributed by atoms with E-state index in [0.29, 0.717) is 10.0 Å². The van der Waals surface area contributed by atoms with E-state index in [0.717, 1.165) is 11.3 Å². The maximum atomic E-state index is 5.93. The fourth-order valence-electron chi connectivity index (χ4n) is 1.44. The molecule has 2 rings (SSSR count). The molecule has 1 heterocycles. The number of furan rings is 1. The van der Waals surface area contributed by atoms with Crippen molar-refractivity contribution in [2.24, 2.45) is 0 Å². The van der Waals surface area contributed by atoms with Crippen molar-refractivity contribution in [2.45, 2.75) is 13.0 Å². The van der Waals surface area contributed by atoms with Crippen LogP contribution in [0.25, 0.3) is 0 Å². The summed E-state index contributed by atoms with van der Waals surface area (Å²) in [5.41, 5.74) is 2.02. The number of hydrogen-bond acceptors (Lipinski definition) is 2. The normalized spacial score (nSPS) is 12.4. The lowest BCUT2D eigenvalue weighted by Crippen LogP contribution is -2.05. The summed E-state index contributed by atoms with van der Waals surface area (Å²) in [6.07, 6.45) is 3.37. The minimum absolute atomic E-state index is 0.163. The largest absolute Gasteiger partial charge is 0.472 e. The average molecular weight is 256 g/mol.